The van der Waals surface area contributed by atoms with E-state index in [-0.39, 0.29) is 18.8 Å². The van der Waals surface area contributed by atoms with Crippen molar-refractivity contribution in [2.24, 2.45) is 5.16 Å². The lowest BCUT2D eigenvalue weighted by atomic mass is 9.97. The third kappa shape index (κ3) is 6.02. The Balaban J connectivity index is 1.11. The maximum absolute atomic E-state index is 12.6. The highest BCUT2D eigenvalue weighted by Gasteiger charge is 2.41. The number of amides is 1. The molecule has 3 heterocycles. The number of anilines is 1. The predicted octanol–water partition coefficient (Wildman–Crippen LogP) is 3.30. The third-order valence-corrected chi connectivity index (χ3v) is 7.96. The summed E-state index contributed by atoms with van der Waals surface area (Å²) in [6, 6.07) is 15.3. The zero-order valence-corrected chi connectivity index (χ0v) is 23.9. The van der Waals surface area contributed by atoms with Gasteiger partial charge in [0, 0.05) is 29.3 Å². The maximum Gasteiger partial charge on any atom is 0.469 e. The molecule has 6 rings (SSSR count). The molecule has 14 nitrogen and oxygen atoms in total. The molecule has 1 amide bonds. The van der Waals surface area contributed by atoms with Gasteiger partial charge in [0.1, 0.15) is 30.3 Å². The minimum absolute atomic E-state index is 0.0464. The monoisotopic (exact) mass is 625 g/mol. The lowest BCUT2D eigenvalue weighted by Crippen LogP contribution is -2.39. The number of aromatic nitrogens is 4. The van der Waals surface area contributed by atoms with E-state index in [1.165, 1.54) is 18.9 Å². The van der Waals surface area contributed by atoms with Gasteiger partial charge in [-0.15, -0.1) is 0 Å². The second kappa shape index (κ2) is 11.8. The van der Waals surface area contributed by atoms with Crippen molar-refractivity contribution in [1.82, 2.24) is 24.8 Å². The molecule has 3 aromatic carbocycles. The molecule has 16 heteroatoms. The third-order valence-electron chi connectivity index (χ3n) is 7.01. The van der Waals surface area contributed by atoms with Crippen LogP contribution >= 0.6 is 19.4 Å². The number of benzene rings is 3. The van der Waals surface area contributed by atoms with Gasteiger partial charge < -0.3 is 30.4 Å². The summed E-state index contributed by atoms with van der Waals surface area (Å²) in [5.41, 5.74) is 7.38. The number of hydrogen-bond donors (Lipinski definition) is 4. The number of hydrogen-bond acceptors (Lipinski definition) is 10. The van der Waals surface area contributed by atoms with Crippen LogP contribution in [0.1, 0.15) is 18.2 Å². The zero-order valence-electron chi connectivity index (χ0n) is 22.3. The van der Waals surface area contributed by atoms with Crippen molar-refractivity contribution in [3.63, 3.8) is 0 Å². The Morgan fingerprint density at radius 1 is 1.14 bits per heavy atom. The van der Waals surface area contributed by atoms with Gasteiger partial charge in [0.25, 0.3) is 5.91 Å². The first-order valence-corrected chi connectivity index (χ1v) is 14.9. The van der Waals surface area contributed by atoms with Crippen LogP contribution in [0.5, 0.6) is 0 Å². The fourth-order valence-electron chi connectivity index (χ4n) is 5.12. The number of nitrogens with one attached hydrogen (secondary N) is 1. The van der Waals surface area contributed by atoms with Crippen LogP contribution in [0.4, 0.5) is 5.82 Å². The molecule has 1 fully saturated rings. The normalized spacial score (nSPS) is 19.1. The summed E-state index contributed by atoms with van der Waals surface area (Å²) in [6.45, 7) is -0.536. The first-order valence-electron chi connectivity index (χ1n) is 13.0. The van der Waals surface area contributed by atoms with Crippen molar-refractivity contribution in [3.8, 4) is 0 Å². The molecule has 0 spiro atoms. The van der Waals surface area contributed by atoms with Crippen molar-refractivity contribution >= 4 is 70.1 Å². The van der Waals surface area contributed by atoms with Crippen LogP contribution in [-0.2, 0) is 23.5 Å². The van der Waals surface area contributed by atoms with Gasteiger partial charge in [0.15, 0.2) is 18.1 Å². The summed E-state index contributed by atoms with van der Waals surface area (Å²) in [5.74, 6) is -0.354. The van der Waals surface area contributed by atoms with Gasteiger partial charge in [-0.3, -0.25) is 13.9 Å². The number of nitrogens with zero attached hydrogens (tertiary/aromatic N) is 5. The number of rotatable bonds is 9. The molecule has 222 valence electrons. The quantitative estimate of drug-likeness (QED) is 0.0811. The van der Waals surface area contributed by atoms with E-state index < -0.39 is 38.8 Å². The molecule has 0 radical (unpaired) electrons. The van der Waals surface area contributed by atoms with Gasteiger partial charge in [0.05, 0.1) is 17.6 Å². The standard InChI is InChI=1S/C27H25ClN7O7P/c28-24-17-7-3-1-5-15(17)19(16-6-2-4-8-18(16)24)10-34-40-12-22(36)30-11-21-20(42-43(37,38)39)9-23(41-21)35-14-33-25-26(29)31-13-32-27(25)35/h1-8,10,13-14,20-21,23H,9,11-12H2,(H,30,36)(H2,29,31,32)(H2,37,38,39)/b34-10+/t20-,21+,23+/m0/s1. The van der Waals surface area contributed by atoms with Crippen molar-refractivity contribution in [2.75, 3.05) is 18.9 Å². The Morgan fingerprint density at radius 3 is 2.49 bits per heavy atom. The largest absolute Gasteiger partial charge is 0.469 e. The molecule has 0 aliphatic carbocycles. The van der Waals surface area contributed by atoms with Crippen LogP contribution in [0.15, 0.2) is 66.3 Å². The molecule has 0 saturated carbocycles. The molecule has 1 aliphatic heterocycles. The summed E-state index contributed by atoms with van der Waals surface area (Å²) < 4.78 is 24.2. The number of ether oxygens (including phenoxy) is 1. The average molecular weight is 626 g/mol. The van der Waals surface area contributed by atoms with E-state index in [0.717, 1.165) is 27.1 Å². The van der Waals surface area contributed by atoms with E-state index in [2.05, 4.69) is 25.4 Å². The number of fused-ring (bicyclic) bond motifs is 3. The van der Waals surface area contributed by atoms with Crippen molar-refractivity contribution in [3.05, 3.63) is 71.8 Å². The van der Waals surface area contributed by atoms with E-state index in [1.54, 1.807) is 4.57 Å². The van der Waals surface area contributed by atoms with Crippen LogP contribution in [0.25, 0.3) is 32.7 Å². The van der Waals surface area contributed by atoms with E-state index in [0.29, 0.717) is 16.2 Å². The molecular weight excluding hydrogens is 601 g/mol. The Hall–Kier alpha value is -4.17. The zero-order chi connectivity index (χ0) is 30.1. The smallest absolute Gasteiger partial charge is 0.386 e. The van der Waals surface area contributed by atoms with Gasteiger partial charge in [-0.25, -0.2) is 19.5 Å². The maximum atomic E-state index is 12.6. The Bertz CT molecular complexity index is 1860. The number of phosphoric acid groups is 1. The lowest BCUT2D eigenvalue weighted by molar-refractivity contribution is -0.126. The van der Waals surface area contributed by atoms with Crippen LogP contribution < -0.4 is 11.1 Å². The first-order chi connectivity index (χ1) is 20.7. The molecule has 3 atom stereocenters. The van der Waals surface area contributed by atoms with Crippen molar-refractivity contribution in [2.45, 2.75) is 24.9 Å². The topological polar surface area (TPSA) is 196 Å². The van der Waals surface area contributed by atoms with Gasteiger partial charge in [-0.1, -0.05) is 65.3 Å². The predicted molar refractivity (Wildman–Crippen MR) is 158 cm³/mol. The molecule has 43 heavy (non-hydrogen) atoms. The average Bonchev–Trinajstić information content (AvgIpc) is 3.59. The number of phosphoric ester groups is 1. The highest BCUT2D eigenvalue weighted by atomic mass is 35.5. The number of carbonyl (C=O) groups excluding carboxylic acids is 1. The summed E-state index contributed by atoms with van der Waals surface area (Å²) in [5, 5.41) is 10.8. The molecule has 0 bridgehead atoms. The second-order valence-electron chi connectivity index (χ2n) is 9.71. The molecule has 5 aromatic rings. The van der Waals surface area contributed by atoms with E-state index >= 15 is 0 Å². The lowest BCUT2D eigenvalue weighted by Gasteiger charge is -2.19. The van der Waals surface area contributed by atoms with Gasteiger partial charge >= 0.3 is 7.82 Å². The van der Waals surface area contributed by atoms with Crippen molar-refractivity contribution in [1.29, 1.82) is 0 Å². The fourth-order valence-corrected chi connectivity index (χ4v) is 6.03. The molecule has 5 N–H and O–H groups in total. The highest BCUT2D eigenvalue weighted by molar-refractivity contribution is 7.46. The number of carbonyl (C=O) groups is 1. The Kier molecular flexibility index (Phi) is 7.97. The summed E-state index contributed by atoms with van der Waals surface area (Å²) >= 11 is 6.65. The number of oxime groups is 1. The van der Waals surface area contributed by atoms with Crippen LogP contribution in [0, 0.1) is 0 Å². The SMILES string of the molecule is Nc1ncnc2c1ncn2[C@H]1C[C@H](OP(=O)(O)O)[C@@H](CNC(=O)CO/N=C/c2c3ccccc3c(Cl)c3ccccc23)O1. The minimum atomic E-state index is -4.86. The van der Waals surface area contributed by atoms with Gasteiger partial charge in [-0.05, 0) is 10.8 Å². The first kappa shape index (κ1) is 28.9. The molecule has 0 unspecified atom stereocenters. The van der Waals surface area contributed by atoms with E-state index in [9.17, 15) is 19.1 Å². The van der Waals surface area contributed by atoms with Crippen LogP contribution in [-0.4, -0.2) is 66.8 Å². The fraction of sp³-hybridized carbons (Fsp3) is 0.222. The summed E-state index contributed by atoms with van der Waals surface area (Å²) in [7, 11) is -4.86. The van der Waals surface area contributed by atoms with Gasteiger partial charge in [-0.2, -0.15) is 0 Å². The molecule has 1 aliphatic rings. The van der Waals surface area contributed by atoms with E-state index in [4.69, 9.17) is 31.4 Å². The van der Waals surface area contributed by atoms with Crippen LogP contribution in [0.3, 0.4) is 0 Å². The number of imidazole rings is 1. The van der Waals surface area contributed by atoms with Crippen molar-refractivity contribution < 1.29 is 33.2 Å². The molecular formula is C27H25ClN7O7P. The Morgan fingerprint density at radius 2 is 1.81 bits per heavy atom. The number of halogens is 1. The molecule has 1 saturated heterocycles. The summed E-state index contributed by atoms with van der Waals surface area (Å²) in [6.07, 6.45) is 1.59. The number of nitrogen functional groups attached to an aromatic ring is 1. The van der Waals surface area contributed by atoms with E-state index in [1.807, 2.05) is 48.5 Å². The number of nitrogens with two attached hydrogens (primary N) is 1. The minimum Gasteiger partial charge on any atom is -0.386 e. The molecule has 2 aromatic heterocycles. The van der Waals surface area contributed by atoms with Gasteiger partial charge in [0.2, 0.25) is 0 Å². The van der Waals surface area contributed by atoms with Crippen LogP contribution in [0.2, 0.25) is 5.02 Å². The Labute approximate surface area is 248 Å². The highest BCUT2D eigenvalue weighted by Crippen LogP contribution is 2.44. The second-order valence-corrected chi connectivity index (χ2v) is 11.3. The summed E-state index contributed by atoms with van der Waals surface area (Å²) in [4.78, 5) is 49.0.